The minimum atomic E-state index is 0.546. The number of nitrogen functional groups attached to an aromatic ring is 1. The topological polar surface area (TPSA) is 56.7 Å². The first-order chi connectivity index (χ1) is 8.15. The zero-order chi connectivity index (χ0) is 12.0. The average Bonchev–Trinajstić information content (AvgIpc) is 2.83. The SMILES string of the molecule is Cn1c(-c2csc(N)n2)nc2cc(Cl)ccc21. The first-order valence-corrected chi connectivity index (χ1v) is 6.24. The van der Waals surface area contributed by atoms with E-state index in [1.54, 1.807) is 0 Å². The quantitative estimate of drug-likeness (QED) is 0.735. The van der Waals surface area contributed by atoms with Crippen LogP contribution in [0.5, 0.6) is 0 Å². The summed E-state index contributed by atoms with van der Waals surface area (Å²) in [5.41, 5.74) is 8.31. The average molecular weight is 265 g/mol. The number of anilines is 1. The number of nitrogens with zero attached hydrogens (tertiary/aromatic N) is 3. The number of hydrogen-bond donors (Lipinski definition) is 1. The Bertz CT molecular complexity index is 701. The van der Waals surface area contributed by atoms with Crippen molar-refractivity contribution in [1.82, 2.24) is 14.5 Å². The summed E-state index contributed by atoms with van der Waals surface area (Å²) in [4.78, 5) is 8.76. The van der Waals surface area contributed by atoms with Gasteiger partial charge >= 0.3 is 0 Å². The van der Waals surface area contributed by atoms with Gasteiger partial charge in [0.25, 0.3) is 0 Å². The van der Waals surface area contributed by atoms with E-state index in [0.717, 1.165) is 22.6 Å². The van der Waals surface area contributed by atoms with Crippen LogP contribution in [0.15, 0.2) is 23.6 Å². The third-order valence-electron chi connectivity index (χ3n) is 2.59. The molecule has 6 heteroatoms. The molecule has 2 aromatic heterocycles. The molecule has 0 bridgehead atoms. The molecule has 3 rings (SSSR count). The van der Waals surface area contributed by atoms with Gasteiger partial charge in [0.05, 0.1) is 11.0 Å². The lowest BCUT2D eigenvalue weighted by atomic mass is 10.3. The molecule has 4 nitrogen and oxygen atoms in total. The van der Waals surface area contributed by atoms with E-state index in [0.29, 0.717) is 10.2 Å². The van der Waals surface area contributed by atoms with Crippen molar-refractivity contribution in [3.05, 3.63) is 28.6 Å². The van der Waals surface area contributed by atoms with E-state index in [1.807, 2.05) is 35.2 Å². The van der Waals surface area contributed by atoms with Crippen molar-refractivity contribution in [3.63, 3.8) is 0 Å². The van der Waals surface area contributed by atoms with Crippen LogP contribution in [-0.4, -0.2) is 14.5 Å². The van der Waals surface area contributed by atoms with Gasteiger partial charge in [-0.1, -0.05) is 11.6 Å². The van der Waals surface area contributed by atoms with Crippen LogP contribution >= 0.6 is 22.9 Å². The van der Waals surface area contributed by atoms with Gasteiger partial charge in [0.1, 0.15) is 5.69 Å². The molecule has 0 aliphatic rings. The van der Waals surface area contributed by atoms with E-state index in [4.69, 9.17) is 17.3 Å². The fourth-order valence-electron chi connectivity index (χ4n) is 1.79. The Morgan fingerprint density at radius 3 is 2.88 bits per heavy atom. The van der Waals surface area contributed by atoms with Crippen molar-refractivity contribution in [3.8, 4) is 11.5 Å². The number of fused-ring (bicyclic) bond motifs is 1. The van der Waals surface area contributed by atoms with E-state index < -0.39 is 0 Å². The number of hydrogen-bond acceptors (Lipinski definition) is 4. The van der Waals surface area contributed by atoms with Gasteiger partial charge in [-0.15, -0.1) is 11.3 Å². The highest BCUT2D eigenvalue weighted by atomic mass is 35.5. The lowest BCUT2D eigenvalue weighted by Crippen LogP contribution is -1.93. The standard InChI is InChI=1S/C11H9ClN4S/c1-16-9-3-2-6(12)4-7(9)14-10(16)8-5-17-11(13)15-8/h2-5H,1H3,(H2,13,15). The van der Waals surface area contributed by atoms with Crippen molar-refractivity contribution in [2.45, 2.75) is 0 Å². The highest BCUT2D eigenvalue weighted by Gasteiger charge is 2.12. The van der Waals surface area contributed by atoms with Gasteiger partial charge in [0.2, 0.25) is 0 Å². The second-order valence-corrected chi connectivity index (χ2v) is 5.02. The molecule has 0 aliphatic heterocycles. The van der Waals surface area contributed by atoms with Crippen LogP contribution in [-0.2, 0) is 7.05 Å². The monoisotopic (exact) mass is 264 g/mol. The van der Waals surface area contributed by atoms with Gasteiger partial charge in [-0.2, -0.15) is 0 Å². The third kappa shape index (κ3) is 1.67. The van der Waals surface area contributed by atoms with Crippen molar-refractivity contribution in [2.75, 3.05) is 5.73 Å². The lowest BCUT2D eigenvalue weighted by molar-refractivity contribution is 0.953. The Labute approximate surface area is 107 Å². The molecular weight excluding hydrogens is 256 g/mol. The molecule has 0 radical (unpaired) electrons. The molecule has 0 spiro atoms. The van der Waals surface area contributed by atoms with Crippen molar-refractivity contribution in [1.29, 1.82) is 0 Å². The summed E-state index contributed by atoms with van der Waals surface area (Å²) in [5, 5.41) is 3.13. The molecule has 3 aromatic rings. The normalized spacial score (nSPS) is 11.2. The fourth-order valence-corrected chi connectivity index (χ4v) is 2.50. The summed E-state index contributed by atoms with van der Waals surface area (Å²) in [5.74, 6) is 0.801. The number of aromatic nitrogens is 3. The van der Waals surface area contributed by atoms with E-state index >= 15 is 0 Å². The van der Waals surface area contributed by atoms with Gasteiger partial charge < -0.3 is 10.3 Å². The number of aryl methyl sites for hydroxylation is 1. The Morgan fingerprint density at radius 2 is 2.18 bits per heavy atom. The Morgan fingerprint density at radius 1 is 1.35 bits per heavy atom. The summed E-state index contributed by atoms with van der Waals surface area (Å²) in [6.45, 7) is 0. The molecule has 86 valence electrons. The van der Waals surface area contributed by atoms with E-state index in [-0.39, 0.29) is 0 Å². The summed E-state index contributed by atoms with van der Waals surface area (Å²) >= 11 is 7.36. The summed E-state index contributed by atoms with van der Waals surface area (Å²) < 4.78 is 1.99. The predicted octanol–water partition coefficient (Wildman–Crippen LogP) is 2.93. The molecule has 17 heavy (non-hydrogen) atoms. The molecule has 0 aliphatic carbocycles. The van der Waals surface area contributed by atoms with Gasteiger partial charge in [-0.25, -0.2) is 9.97 Å². The lowest BCUT2D eigenvalue weighted by Gasteiger charge is -1.98. The van der Waals surface area contributed by atoms with Crippen molar-refractivity contribution >= 4 is 39.1 Å². The second-order valence-electron chi connectivity index (χ2n) is 3.70. The minimum absolute atomic E-state index is 0.546. The predicted molar refractivity (Wildman–Crippen MR) is 71.2 cm³/mol. The zero-order valence-corrected chi connectivity index (χ0v) is 10.6. The first-order valence-electron chi connectivity index (χ1n) is 4.98. The number of thiazole rings is 1. The van der Waals surface area contributed by atoms with Crippen LogP contribution in [0, 0.1) is 0 Å². The number of imidazole rings is 1. The summed E-state index contributed by atoms with van der Waals surface area (Å²) in [6.07, 6.45) is 0. The largest absolute Gasteiger partial charge is 0.375 e. The molecule has 0 saturated heterocycles. The molecule has 1 aromatic carbocycles. The van der Waals surface area contributed by atoms with Crippen molar-refractivity contribution < 1.29 is 0 Å². The molecule has 0 amide bonds. The number of benzene rings is 1. The van der Waals surface area contributed by atoms with Gasteiger partial charge in [0, 0.05) is 17.5 Å². The Hall–Kier alpha value is -1.59. The van der Waals surface area contributed by atoms with Crippen LogP contribution in [0.3, 0.4) is 0 Å². The molecular formula is C11H9ClN4S. The van der Waals surface area contributed by atoms with Crippen molar-refractivity contribution in [2.24, 2.45) is 7.05 Å². The van der Waals surface area contributed by atoms with Crippen LogP contribution in [0.1, 0.15) is 0 Å². The molecule has 0 atom stereocenters. The summed E-state index contributed by atoms with van der Waals surface area (Å²) in [7, 11) is 1.95. The highest BCUT2D eigenvalue weighted by molar-refractivity contribution is 7.13. The molecule has 2 heterocycles. The van der Waals surface area contributed by atoms with E-state index in [9.17, 15) is 0 Å². The number of rotatable bonds is 1. The molecule has 0 unspecified atom stereocenters. The maximum atomic E-state index is 5.95. The second kappa shape index (κ2) is 3.72. The molecule has 0 saturated carbocycles. The molecule has 2 N–H and O–H groups in total. The highest BCUT2D eigenvalue weighted by Crippen LogP contribution is 2.27. The van der Waals surface area contributed by atoms with Crippen LogP contribution in [0.2, 0.25) is 5.02 Å². The molecule has 0 fully saturated rings. The Balaban J connectivity index is 2.27. The first kappa shape index (κ1) is 10.6. The van der Waals surface area contributed by atoms with Gasteiger partial charge in [-0.05, 0) is 18.2 Å². The third-order valence-corrected chi connectivity index (χ3v) is 3.50. The minimum Gasteiger partial charge on any atom is -0.375 e. The fraction of sp³-hybridized carbons (Fsp3) is 0.0909. The van der Waals surface area contributed by atoms with Crippen LogP contribution in [0.4, 0.5) is 5.13 Å². The van der Waals surface area contributed by atoms with Gasteiger partial charge in [-0.3, -0.25) is 0 Å². The number of nitrogens with two attached hydrogens (primary N) is 1. The van der Waals surface area contributed by atoms with Gasteiger partial charge in [0.15, 0.2) is 11.0 Å². The summed E-state index contributed by atoms with van der Waals surface area (Å²) in [6, 6.07) is 5.64. The van der Waals surface area contributed by atoms with Crippen LogP contribution in [0.25, 0.3) is 22.6 Å². The maximum absolute atomic E-state index is 5.95. The number of halogens is 1. The van der Waals surface area contributed by atoms with Crippen LogP contribution < -0.4 is 5.73 Å². The van der Waals surface area contributed by atoms with E-state index in [1.165, 1.54) is 11.3 Å². The Kier molecular flexibility index (Phi) is 2.31. The smallest absolute Gasteiger partial charge is 0.180 e. The maximum Gasteiger partial charge on any atom is 0.180 e. The zero-order valence-electron chi connectivity index (χ0n) is 9.01. The van der Waals surface area contributed by atoms with E-state index in [2.05, 4.69) is 9.97 Å².